The van der Waals surface area contributed by atoms with Crippen molar-refractivity contribution in [1.82, 2.24) is 4.90 Å². The maximum atomic E-state index is 5.73. The van der Waals surface area contributed by atoms with Crippen LogP contribution in [0.3, 0.4) is 0 Å². The van der Waals surface area contributed by atoms with E-state index in [4.69, 9.17) is 14.2 Å². The van der Waals surface area contributed by atoms with Crippen molar-refractivity contribution >= 4 is 0 Å². The van der Waals surface area contributed by atoms with Crippen LogP contribution in [0.25, 0.3) is 0 Å². The topological polar surface area (TPSA) is 30.9 Å². The Morgan fingerprint density at radius 3 is 2.21 bits per heavy atom. The van der Waals surface area contributed by atoms with Crippen LogP contribution >= 0.6 is 0 Å². The molecule has 0 fully saturated rings. The fourth-order valence-corrected chi connectivity index (χ4v) is 5.19. The maximum Gasteiger partial charge on any atom is 0.161 e. The van der Waals surface area contributed by atoms with E-state index < -0.39 is 0 Å². The quantitative estimate of drug-likeness (QED) is 0.773. The number of hydrogen-bond donors (Lipinski definition) is 0. The molecule has 2 aromatic rings. The van der Waals surface area contributed by atoms with E-state index in [9.17, 15) is 0 Å². The molecule has 150 valence electrons. The molecule has 0 radical (unpaired) electrons. The molecular formula is C24H31NO3. The normalized spacial score (nSPS) is 20.8. The summed E-state index contributed by atoms with van der Waals surface area (Å²) in [4.78, 5) is 2.66. The molecule has 0 saturated carbocycles. The van der Waals surface area contributed by atoms with Crippen molar-refractivity contribution in [1.29, 1.82) is 0 Å². The zero-order valence-corrected chi connectivity index (χ0v) is 17.9. The second kappa shape index (κ2) is 7.32. The van der Waals surface area contributed by atoms with Crippen molar-refractivity contribution in [2.24, 2.45) is 0 Å². The van der Waals surface area contributed by atoms with Crippen LogP contribution in [0.15, 0.2) is 18.2 Å². The van der Waals surface area contributed by atoms with E-state index in [0.29, 0.717) is 12.1 Å². The van der Waals surface area contributed by atoms with Gasteiger partial charge in [-0.3, -0.25) is 4.90 Å². The zero-order valence-electron chi connectivity index (χ0n) is 17.9. The largest absolute Gasteiger partial charge is 0.496 e. The van der Waals surface area contributed by atoms with Crippen molar-refractivity contribution < 1.29 is 14.2 Å². The highest BCUT2D eigenvalue weighted by atomic mass is 16.5. The van der Waals surface area contributed by atoms with Crippen molar-refractivity contribution in [3.8, 4) is 17.2 Å². The smallest absolute Gasteiger partial charge is 0.161 e. The van der Waals surface area contributed by atoms with Crippen LogP contribution in [-0.2, 0) is 25.8 Å². The second-order valence-corrected chi connectivity index (χ2v) is 8.03. The van der Waals surface area contributed by atoms with Crippen LogP contribution in [0.5, 0.6) is 17.2 Å². The molecule has 4 nitrogen and oxygen atoms in total. The second-order valence-electron chi connectivity index (χ2n) is 8.03. The van der Waals surface area contributed by atoms with Crippen LogP contribution in [0, 0.1) is 6.92 Å². The summed E-state index contributed by atoms with van der Waals surface area (Å²) in [6, 6.07) is 7.49. The molecule has 0 amide bonds. The van der Waals surface area contributed by atoms with Gasteiger partial charge in [0.1, 0.15) is 5.75 Å². The number of methoxy groups -OCH3 is 3. The Balaban J connectivity index is 1.82. The first-order valence-electron chi connectivity index (χ1n) is 10.2. The lowest BCUT2D eigenvalue weighted by Gasteiger charge is -2.46. The molecule has 0 spiro atoms. The van der Waals surface area contributed by atoms with Crippen LogP contribution in [-0.4, -0.2) is 32.3 Å². The molecule has 4 rings (SSSR count). The summed E-state index contributed by atoms with van der Waals surface area (Å²) in [7, 11) is 5.20. The third-order valence-corrected chi connectivity index (χ3v) is 6.71. The van der Waals surface area contributed by atoms with Crippen LogP contribution < -0.4 is 14.2 Å². The summed E-state index contributed by atoms with van der Waals surface area (Å²) in [6.45, 7) is 7.81. The summed E-state index contributed by atoms with van der Waals surface area (Å²) in [5, 5.41) is 0. The van der Waals surface area contributed by atoms with E-state index in [1.807, 2.05) is 0 Å². The molecule has 2 heterocycles. The minimum Gasteiger partial charge on any atom is -0.496 e. The third-order valence-electron chi connectivity index (χ3n) is 6.71. The Bertz CT molecular complexity index is 905. The van der Waals surface area contributed by atoms with Gasteiger partial charge in [0.15, 0.2) is 11.5 Å². The fraction of sp³-hybridized carbons (Fsp3) is 0.500. The minimum atomic E-state index is 0.364. The first-order valence-corrected chi connectivity index (χ1v) is 10.2. The standard InChI is InChI=1S/C24H31NO3/c1-7-18-15(3)20-13-25-14(2)8-16-11-23(27-5)24(28-6)12-19(16)21(25)9-17(20)10-22(18)26-4/h10-12,14,21H,7-9,13H2,1-6H3/t14-,21-/m0/s1. The number of ether oxygens (including phenoxy) is 3. The Morgan fingerprint density at radius 2 is 1.57 bits per heavy atom. The summed E-state index contributed by atoms with van der Waals surface area (Å²) in [5.74, 6) is 2.67. The van der Waals surface area contributed by atoms with Gasteiger partial charge in [0.25, 0.3) is 0 Å². The summed E-state index contributed by atoms with van der Waals surface area (Å²) in [5.41, 5.74) is 8.41. The third kappa shape index (κ3) is 2.86. The Morgan fingerprint density at radius 1 is 0.929 bits per heavy atom. The molecule has 4 heteroatoms. The average Bonchev–Trinajstić information content (AvgIpc) is 2.71. The van der Waals surface area contributed by atoms with E-state index in [1.165, 1.54) is 33.4 Å². The molecule has 0 unspecified atom stereocenters. The van der Waals surface area contributed by atoms with Crippen LogP contribution in [0.1, 0.15) is 53.3 Å². The molecule has 0 N–H and O–H groups in total. The minimum absolute atomic E-state index is 0.364. The lowest BCUT2D eigenvalue weighted by molar-refractivity contribution is 0.105. The molecule has 2 aromatic carbocycles. The van der Waals surface area contributed by atoms with E-state index in [1.54, 1.807) is 21.3 Å². The first-order chi connectivity index (χ1) is 13.5. The highest BCUT2D eigenvalue weighted by Crippen LogP contribution is 2.46. The molecule has 0 bridgehead atoms. The number of rotatable bonds is 4. The van der Waals surface area contributed by atoms with Crippen molar-refractivity contribution in [2.75, 3.05) is 21.3 Å². The summed E-state index contributed by atoms with van der Waals surface area (Å²) >= 11 is 0. The van der Waals surface area contributed by atoms with Crippen molar-refractivity contribution in [2.45, 2.75) is 58.7 Å². The van der Waals surface area contributed by atoms with Gasteiger partial charge in [-0.1, -0.05) is 6.92 Å². The van der Waals surface area contributed by atoms with Gasteiger partial charge in [-0.2, -0.15) is 0 Å². The van der Waals surface area contributed by atoms with E-state index >= 15 is 0 Å². The van der Waals surface area contributed by atoms with Gasteiger partial charge in [-0.25, -0.2) is 0 Å². The van der Waals surface area contributed by atoms with E-state index in [0.717, 1.165) is 43.1 Å². The number of hydrogen-bond acceptors (Lipinski definition) is 4. The zero-order chi connectivity index (χ0) is 20.0. The highest BCUT2D eigenvalue weighted by molar-refractivity contribution is 5.54. The number of fused-ring (bicyclic) bond motifs is 4. The maximum absolute atomic E-state index is 5.73. The van der Waals surface area contributed by atoms with Gasteiger partial charge in [-0.15, -0.1) is 0 Å². The number of nitrogens with zero attached hydrogens (tertiary/aromatic N) is 1. The first kappa shape index (κ1) is 19.1. The van der Waals surface area contributed by atoms with Crippen LogP contribution in [0.4, 0.5) is 0 Å². The Hall–Kier alpha value is -2.20. The molecule has 2 atom stereocenters. The predicted molar refractivity (Wildman–Crippen MR) is 112 cm³/mol. The average molecular weight is 382 g/mol. The summed E-state index contributed by atoms with van der Waals surface area (Å²) < 4.78 is 16.9. The van der Waals surface area contributed by atoms with Gasteiger partial charge in [0.05, 0.1) is 21.3 Å². The van der Waals surface area contributed by atoms with Gasteiger partial charge in [-0.05, 0) is 84.7 Å². The molecule has 0 aromatic heterocycles. The molecular weight excluding hydrogens is 350 g/mol. The fourth-order valence-electron chi connectivity index (χ4n) is 5.19. The lowest BCUT2D eigenvalue weighted by Crippen LogP contribution is -2.45. The number of benzene rings is 2. The van der Waals surface area contributed by atoms with Gasteiger partial charge >= 0.3 is 0 Å². The van der Waals surface area contributed by atoms with Crippen molar-refractivity contribution in [3.63, 3.8) is 0 Å². The predicted octanol–water partition coefficient (Wildman–Crippen LogP) is 4.63. The molecule has 2 aliphatic rings. The lowest BCUT2D eigenvalue weighted by atomic mass is 9.79. The van der Waals surface area contributed by atoms with Gasteiger partial charge < -0.3 is 14.2 Å². The molecule has 0 aliphatic carbocycles. The molecule has 28 heavy (non-hydrogen) atoms. The molecule has 0 saturated heterocycles. The van der Waals surface area contributed by atoms with E-state index in [2.05, 4.69) is 43.9 Å². The monoisotopic (exact) mass is 381 g/mol. The van der Waals surface area contributed by atoms with E-state index in [-0.39, 0.29) is 0 Å². The Kier molecular flexibility index (Phi) is 5.00. The highest BCUT2D eigenvalue weighted by Gasteiger charge is 2.37. The van der Waals surface area contributed by atoms with Crippen molar-refractivity contribution in [3.05, 3.63) is 51.6 Å². The van der Waals surface area contributed by atoms with Gasteiger partial charge in [0.2, 0.25) is 0 Å². The Labute approximate surface area is 168 Å². The molecule has 2 aliphatic heterocycles. The summed E-state index contributed by atoms with van der Waals surface area (Å²) in [6.07, 6.45) is 3.04. The van der Waals surface area contributed by atoms with Gasteiger partial charge in [0, 0.05) is 18.6 Å². The van der Waals surface area contributed by atoms with Crippen LogP contribution in [0.2, 0.25) is 0 Å². The SMILES string of the molecule is CCc1c(OC)cc2c(c1C)CN1[C@@H](C)Cc3cc(OC)c(OC)cc3[C@@H]1C2.